The van der Waals surface area contributed by atoms with E-state index in [1.807, 2.05) is 26.0 Å². The molecule has 0 saturated heterocycles. The normalized spacial score (nSPS) is 11.5. The third-order valence-electron chi connectivity index (χ3n) is 3.55. The third-order valence-corrected chi connectivity index (χ3v) is 3.75. The third kappa shape index (κ3) is 2.63. The Bertz CT molecular complexity index is 1020. The molecule has 4 rings (SSSR count). The van der Waals surface area contributed by atoms with Gasteiger partial charge in [-0.1, -0.05) is 11.6 Å². The summed E-state index contributed by atoms with van der Waals surface area (Å²) in [6.45, 7) is 3.96. The Morgan fingerprint density at radius 2 is 2.08 bits per heavy atom. The number of fused-ring (bicyclic) bond motifs is 2. The monoisotopic (exact) mass is 342 g/mol. The summed E-state index contributed by atoms with van der Waals surface area (Å²) >= 11 is 6.03. The molecule has 0 aliphatic heterocycles. The van der Waals surface area contributed by atoms with Crippen molar-refractivity contribution in [3.8, 4) is 5.75 Å². The fourth-order valence-corrected chi connectivity index (χ4v) is 2.75. The van der Waals surface area contributed by atoms with Crippen molar-refractivity contribution in [2.75, 3.05) is 5.32 Å². The van der Waals surface area contributed by atoms with Crippen molar-refractivity contribution in [2.45, 2.75) is 20.0 Å². The highest BCUT2D eigenvalue weighted by molar-refractivity contribution is 6.30. The van der Waals surface area contributed by atoms with Crippen LogP contribution < -0.4 is 10.1 Å². The maximum absolute atomic E-state index is 6.03. The number of nitrogens with zero attached hydrogens (tertiary/aromatic N) is 3. The van der Waals surface area contributed by atoms with Crippen molar-refractivity contribution < 1.29 is 4.74 Å². The summed E-state index contributed by atoms with van der Waals surface area (Å²) in [5.74, 6) is 1.37. The van der Waals surface area contributed by atoms with Crippen LogP contribution in [0.1, 0.15) is 13.8 Å². The molecule has 1 aromatic carbocycles. The van der Waals surface area contributed by atoms with Gasteiger partial charge in [0.25, 0.3) is 0 Å². The zero-order valence-electron chi connectivity index (χ0n) is 13.1. The van der Waals surface area contributed by atoms with E-state index in [2.05, 4.69) is 30.5 Å². The van der Waals surface area contributed by atoms with Crippen LogP contribution in [0.25, 0.3) is 21.9 Å². The number of hydrogen-bond acceptors (Lipinski definition) is 5. The first-order chi connectivity index (χ1) is 11.6. The molecule has 4 aromatic rings. The highest BCUT2D eigenvalue weighted by atomic mass is 35.5. The standard InChI is InChI=1S/C16H15ClN6O/c1-8(2)24-13-5-11-9(6-20-23-11)3-12(13)21-15-10-4-14(17)22-16(10)19-7-18-15/h3-8H,1-2H3,(H,20,23)(H2,18,19,21,22). The molecule has 0 spiro atoms. The Morgan fingerprint density at radius 1 is 1.21 bits per heavy atom. The topological polar surface area (TPSA) is 91.5 Å². The van der Waals surface area contributed by atoms with E-state index in [0.717, 1.165) is 27.7 Å². The molecule has 0 unspecified atom stereocenters. The SMILES string of the molecule is CC(C)Oc1cc2[nH]ncc2cc1Nc1ncnc2[nH]c(Cl)cc12. The zero-order chi connectivity index (χ0) is 16.7. The number of benzene rings is 1. The first kappa shape index (κ1) is 14.8. The van der Waals surface area contributed by atoms with E-state index in [4.69, 9.17) is 16.3 Å². The Hall–Kier alpha value is -2.80. The number of halogens is 1. The highest BCUT2D eigenvalue weighted by Gasteiger charge is 2.13. The molecule has 3 aromatic heterocycles. The Balaban J connectivity index is 1.82. The number of nitrogens with one attached hydrogen (secondary N) is 3. The van der Waals surface area contributed by atoms with Crippen LogP contribution in [-0.4, -0.2) is 31.3 Å². The van der Waals surface area contributed by atoms with Crippen LogP contribution in [0.3, 0.4) is 0 Å². The predicted octanol–water partition coefficient (Wildman–Crippen LogP) is 4.02. The van der Waals surface area contributed by atoms with Gasteiger partial charge in [-0.2, -0.15) is 5.10 Å². The van der Waals surface area contributed by atoms with Gasteiger partial charge in [-0.15, -0.1) is 0 Å². The molecular weight excluding hydrogens is 328 g/mol. The van der Waals surface area contributed by atoms with E-state index in [9.17, 15) is 0 Å². The molecule has 24 heavy (non-hydrogen) atoms. The number of ether oxygens (including phenoxy) is 1. The second-order valence-electron chi connectivity index (χ2n) is 5.70. The molecule has 0 atom stereocenters. The zero-order valence-corrected chi connectivity index (χ0v) is 13.8. The fraction of sp³-hybridized carbons (Fsp3) is 0.188. The fourth-order valence-electron chi connectivity index (χ4n) is 2.56. The number of anilines is 2. The molecule has 0 fully saturated rings. The largest absolute Gasteiger partial charge is 0.489 e. The maximum atomic E-state index is 6.03. The van der Waals surface area contributed by atoms with Crippen molar-refractivity contribution in [1.29, 1.82) is 0 Å². The lowest BCUT2D eigenvalue weighted by atomic mass is 10.2. The number of rotatable bonds is 4. The summed E-state index contributed by atoms with van der Waals surface area (Å²) in [6.07, 6.45) is 3.29. The minimum absolute atomic E-state index is 0.0399. The number of aromatic amines is 2. The second kappa shape index (κ2) is 5.68. The van der Waals surface area contributed by atoms with Crippen LogP contribution in [0.15, 0.2) is 30.7 Å². The summed E-state index contributed by atoms with van der Waals surface area (Å²) in [5, 5.41) is 12.6. The molecule has 3 N–H and O–H groups in total. The van der Waals surface area contributed by atoms with E-state index >= 15 is 0 Å². The first-order valence-electron chi connectivity index (χ1n) is 7.50. The molecule has 0 saturated carbocycles. The quantitative estimate of drug-likeness (QED) is 0.521. The Kier molecular flexibility index (Phi) is 3.50. The van der Waals surface area contributed by atoms with Crippen LogP contribution in [0.2, 0.25) is 5.15 Å². The van der Waals surface area contributed by atoms with Gasteiger partial charge in [-0.25, -0.2) is 9.97 Å². The van der Waals surface area contributed by atoms with Gasteiger partial charge in [0.1, 0.15) is 28.7 Å². The summed E-state index contributed by atoms with van der Waals surface area (Å²) in [5.41, 5.74) is 2.39. The Labute approximate surface area is 142 Å². The van der Waals surface area contributed by atoms with Gasteiger partial charge < -0.3 is 15.0 Å². The van der Waals surface area contributed by atoms with E-state index < -0.39 is 0 Å². The van der Waals surface area contributed by atoms with Gasteiger partial charge in [-0.3, -0.25) is 5.10 Å². The molecule has 8 heteroatoms. The van der Waals surface area contributed by atoms with Crippen LogP contribution in [0.5, 0.6) is 5.75 Å². The molecule has 7 nitrogen and oxygen atoms in total. The van der Waals surface area contributed by atoms with Crippen LogP contribution in [-0.2, 0) is 0 Å². The lowest BCUT2D eigenvalue weighted by Crippen LogP contribution is -2.07. The lowest BCUT2D eigenvalue weighted by molar-refractivity contribution is 0.244. The Morgan fingerprint density at radius 3 is 2.92 bits per heavy atom. The molecule has 122 valence electrons. The molecule has 3 heterocycles. The average molecular weight is 343 g/mol. The van der Waals surface area contributed by atoms with Gasteiger partial charge >= 0.3 is 0 Å². The van der Waals surface area contributed by atoms with Crippen molar-refractivity contribution >= 4 is 45.0 Å². The molecule has 0 amide bonds. The molecule has 0 aliphatic carbocycles. The predicted molar refractivity (Wildman–Crippen MR) is 94.0 cm³/mol. The maximum Gasteiger partial charge on any atom is 0.145 e. The van der Waals surface area contributed by atoms with Crippen LogP contribution in [0.4, 0.5) is 11.5 Å². The second-order valence-corrected chi connectivity index (χ2v) is 6.11. The summed E-state index contributed by atoms with van der Waals surface area (Å²) in [7, 11) is 0. The number of H-pyrrole nitrogens is 2. The van der Waals surface area contributed by atoms with E-state index in [-0.39, 0.29) is 6.10 Å². The van der Waals surface area contributed by atoms with Gasteiger partial charge in [-0.05, 0) is 26.0 Å². The van der Waals surface area contributed by atoms with Gasteiger partial charge in [0.15, 0.2) is 0 Å². The van der Waals surface area contributed by atoms with E-state index in [1.165, 1.54) is 6.33 Å². The number of aromatic nitrogens is 5. The van der Waals surface area contributed by atoms with Crippen molar-refractivity contribution in [3.05, 3.63) is 35.9 Å². The highest BCUT2D eigenvalue weighted by Crippen LogP contribution is 2.34. The smallest absolute Gasteiger partial charge is 0.145 e. The summed E-state index contributed by atoms with van der Waals surface area (Å²) in [6, 6.07) is 5.68. The van der Waals surface area contributed by atoms with E-state index in [0.29, 0.717) is 16.6 Å². The molecule has 0 aliphatic rings. The number of hydrogen-bond donors (Lipinski definition) is 3. The average Bonchev–Trinajstić information content (AvgIpc) is 3.12. The van der Waals surface area contributed by atoms with Crippen molar-refractivity contribution in [2.24, 2.45) is 0 Å². The minimum Gasteiger partial charge on any atom is -0.489 e. The summed E-state index contributed by atoms with van der Waals surface area (Å²) < 4.78 is 5.92. The minimum atomic E-state index is 0.0399. The van der Waals surface area contributed by atoms with Crippen LogP contribution in [0, 0.1) is 0 Å². The van der Waals surface area contributed by atoms with Crippen molar-refractivity contribution in [3.63, 3.8) is 0 Å². The molecule has 0 radical (unpaired) electrons. The van der Waals surface area contributed by atoms with E-state index in [1.54, 1.807) is 12.3 Å². The first-order valence-corrected chi connectivity index (χ1v) is 7.88. The molecular formula is C16H15ClN6O. The van der Waals surface area contributed by atoms with Gasteiger partial charge in [0.2, 0.25) is 0 Å². The van der Waals surface area contributed by atoms with Gasteiger partial charge in [0, 0.05) is 11.5 Å². The van der Waals surface area contributed by atoms with Gasteiger partial charge in [0.05, 0.1) is 28.9 Å². The molecule has 0 bridgehead atoms. The van der Waals surface area contributed by atoms with Crippen LogP contribution >= 0.6 is 11.6 Å². The lowest BCUT2D eigenvalue weighted by Gasteiger charge is -2.15. The van der Waals surface area contributed by atoms with Crippen molar-refractivity contribution in [1.82, 2.24) is 25.1 Å². The summed E-state index contributed by atoms with van der Waals surface area (Å²) in [4.78, 5) is 11.5.